The highest BCUT2D eigenvalue weighted by atomic mass is 35.5. The first-order valence-electron chi connectivity index (χ1n) is 7.12. The van der Waals surface area contributed by atoms with Crippen molar-refractivity contribution < 1.29 is 14.3 Å². The van der Waals surface area contributed by atoms with E-state index in [-0.39, 0.29) is 11.7 Å². The summed E-state index contributed by atoms with van der Waals surface area (Å²) < 4.78 is 13.0. The second-order valence-electron chi connectivity index (χ2n) is 4.99. The van der Waals surface area contributed by atoms with Gasteiger partial charge in [-0.25, -0.2) is 4.98 Å². The quantitative estimate of drug-likeness (QED) is 0.856. The SMILES string of the molecule is Cn1ccnc1SCC(=O)Nc1cc2c(cc1Cl)OCCCO2. The number of hydrogen-bond donors (Lipinski definition) is 1. The summed E-state index contributed by atoms with van der Waals surface area (Å²) in [6.07, 6.45) is 4.34. The van der Waals surface area contributed by atoms with Gasteiger partial charge in [-0.05, 0) is 0 Å². The molecule has 2 aromatic rings. The molecule has 0 bridgehead atoms. The van der Waals surface area contributed by atoms with Gasteiger partial charge in [0.1, 0.15) is 0 Å². The van der Waals surface area contributed by atoms with Gasteiger partial charge < -0.3 is 19.4 Å². The molecule has 0 atom stereocenters. The number of amides is 1. The molecule has 0 fully saturated rings. The first-order chi connectivity index (χ1) is 11.1. The summed E-state index contributed by atoms with van der Waals surface area (Å²) in [4.78, 5) is 16.3. The molecule has 2 heterocycles. The Bertz CT molecular complexity index is 720. The minimum absolute atomic E-state index is 0.158. The third kappa shape index (κ3) is 3.92. The van der Waals surface area contributed by atoms with E-state index >= 15 is 0 Å². The highest BCUT2D eigenvalue weighted by Crippen LogP contribution is 2.37. The molecule has 1 amide bonds. The lowest BCUT2D eigenvalue weighted by molar-refractivity contribution is -0.113. The molecule has 1 N–H and O–H groups in total. The van der Waals surface area contributed by atoms with E-state index in [9.17, 15) is 4.79 Å². The number of halogens is 1. The van der Waals surface area contributed by atoms with Crippen molar-refractivity contribution in [3.63, 3.8) is 0 Å². The van der Waals surface area contributed by atoms with Gasteiger partial charge in [-0.1, -0.05) is 23.4 Å². The van der Waals surface area contributed by atoms with Gasteiger partial charge in [0.05, 0.1) is 29.7 Å². The van der Waals surface area contributed by atoms with Crippen LogP contribution in [-0.2, 0) is 11.8 Å². The van der Waals surface area contributed by atoms with Gasteiger partial charge in [0.25, 0.3) is 0 Å². The summed E-state index contributed by atoms with van der Waals surface area (Å²) in [6, 6.07) is 3.37. The monoisotopic (exact) mass is 353 g/mol. The van der Waals surface area contributed by atoms with Gasteiger partial charge >= 0.3 is 0 Å². The third-order valence-corrected chi connectivity index (χ3v) is 4.59. The number of rotatable bonds is 4. The van der Waals surface area contributed by atoms with Crippen LogP contribution in [0.5, 0.6) is 11.5 Å². The maximum Gasteiger partial charge on any atom is 0.234 e. The van der Waals surface area contributed by atoms with E-state index in [0.29, 0.717) is 35.4 Å². The molecule has 0 saturated carbocycles. The zero-order valence-electron chi connectivity index (χ0n) is 12.5. The number of benzene rings is 1. The second-order valence-corrected chi connectivity index (χ2v) is 6.34. The first-order valence-corrected chi connectivity index (χ1v) is 8.49. The molecular formula is C15H16ClN3O3S. The number of anilines is 1. The van der Waals surface area contributed by atoms with Crippen LogP contribution >= 0.6 is 23.4 Å². The Hall–Kier alpha value is -1.86. The Morgan fingerprint density at radius 1 is 1.39 bits per heavy atom. The molecular weight excluding hydrogens is 338 g/mol. The molecule has 1 aromatic carbocycles. The lowest BCUT2D eigenvalue weighted by Crippen LogP contribution is -2.15. The van der Waals surface area contributed by atoms with Gasteiger partial charge in [0.15, 0.2) is 16.7 Å². The molecule has 0 aliphatic carbocycles. The number of thioether (sulfide) groups is 1. The van der Waals surface area contributed by atoms with Gasteiger partial charge in [-0.3, -0.25) is 4.79 Å². The zero-order valence-corrected chi connectivity index (χ0v) is 14.1. The lowest BCUT2D eigenvalue weighted by atomic mass is 10.2. The molecule has 1 aromatic heterocycles. The largest absolute Gasteiger partial charge is 0.490 e. The van der Waals surface area contributed by atoms with Crippen LogP contribution in [-0.4, -0.2) is 34.4 Å². The summed E-state index contributed by atoms with van der Waals surface area (Å²) in [5.41, 5.74) is 0.515. The first kappa shape index (κ1) is 16.0. The predicted molar refractivity (Wildman–Crippen MR) is 89.6 cm³/mol. The van der Waals surface area contributed by atoms with Crippen molar-refractivity contribution in [3.05, 3.63) is 29.5 Å². The van der Waals surface area contributed by atoms with Crippen LogP contribution in [0.25, 0.3) is 0 Å². The topological polar surface area (TPSA) is 65.4 Å². The summed E-state index contributed by atoms with van der Waals surface area (Å²) in [5.74, 6) is 1.29. The molecule has 23 heavy (non-hydrogen) atoms. The van der Waals surface area contributed by atoms with Crippen LogP contribution in [0.1, 0.15) is 6.42 Å². The average Bonchev–Trinajstić information content (AvgIpc) is 2.79. The molecule has 1 aliphatic rings. The summed E-state index contributed by atoms with van der Waals surface area (Å²) in [5, 5.41) is 4.00. The Morgan fingerprint density at radius 2 is 2.13 bits per heavy atom. The lowest BCUT2D eigenvalue weighted by Gasteiger charge is -2.12. The number of aryl methyl sites for hydroxylation is 1. The fourth-order valence-electron chi connectivity index (χ4n) is 2.09. The van der Waals surface area contributed by atoms with E-state index in [2.05, 4.69) is 10.3 Å². The number of fused-ring (bicyclic) bond motifs is 1. The van der Waals surface area contributed by atoms with Crippen molar-refractivity contribution in [2.45, 2.75) is 11.6 Å². The van der Waals surface area contributed by atoms with E-state index in [1.807, 2.05) is 17.8 Å². The number of carbonyl (C=O) groups is 1. The number of ether oxygens (including phenoxy) is 2. The Morgan fingerprint density at radius 3 is 2.83 bits per heavy atom. The molecule has 1 aliphatic heterocycles. The van der Waals surface area contributed by atoms with Crippen molar-refractivity contribution >= 4 is 35.0 Å². The fraction of sp³-hybridized carbons (Fsp3) is 0.333. The van der Waals surface area contributed by atoms with Crippen molar-refractivity contribution in [2.75, 3.05) is 24.3 Å². The fourth-order valence-corrected chi connectivity index (χ4v) is 3.02. The third-order valence-electron chi connectivity index (χ3n) is 3.22. The maximum atomic E-state index is 12.1. The van der Waals surface area contributed by atoms with Gasteiger partial charge in [-0.15, -0.1) is 0 Å². The molecule has 8 heteroatoms. The minimum atomic E-state index is -0.158. The number of nitrogens with zero attached hydrogens (tertiary/aromatic N) is 2. The van der Waals surface area contributed by atoms with Crippen molar-refractivity contribution in [2.24, 2.45) is 7.05 Å². The van der Waals surface area contributed by atoms with E-state index in [0.717, 1.165) is 11.6 Å². The molecule has 0 unspecified atom stereocenters. The number of aromatic nitrogens is 2. The van der Waals surface area contributed by atoms with Gasteiger partial charge in [0.2, 0.25) is 5.91 Å². The van der Waals surface area contributed by atoms with Crippen LogP contribution in [0.15, 0.2) is 29.7 Å². The predicted octanol–water partition coefficient (Wildman–Crippen LogP) is 2.97. The molecule has 3 rings (SSSR count). The molecule has 0 saturated heterocycles. The summed E-state index contributed by atoms with van der Waals surface area (Å²) >= 11 is 7.57. The van der Waals surface area contributed by atoms with Crippen molar-refractivity contribution in [1.82, 2.24) is 9.55 Å². The molecule has 122 valence electrons. The van der Waals surface area contributed by atoms with Crippen LogP contribution in [0.3, 0.4) is 0 Å². The van der Waals surface area contributed by atoms with Crippen LogP contribution in [0, 0.1) is 0 Å². The Balaban J connectivity index is 1.66. The Labute approximate surface area is 143 Å². The van der Waals surface area contributed by atoms with E-state index in [4.69, 9.17) is 21.1 Å². The maximum absolute atomic E-state index is 12.1. The van der Waals surface area contributed by atoms with Crippen molar-refractivity contribution in [1.29, 1.82) is 0 Å². The number of hydrogen-bond acceptors (Lipinski definition) is 5. The van der Waals surface area contributed by atoms with E-state index in [1.165, 1.54) is 11.8 Å². The summed E-state index contributed by atoms with van der Waals surface area (Å²) in [7, 11) is 1.88. The number of imidazole rings is 1. The van der Waals surface area contributed by atoms with Crippen LogP contribution in [0.4, 0.5) is 5.69 Å². The minimum Gasteiger partial charge on any atom is -0.490 e. The van der Waals surface area contributed by atoms with E-state index < -0.39 is 0 Å². The zero-order chi connectivity index (χ0) is 16.2. The molecule has 0 radical (unpaired) electrons. The number of nitrogens with one attached hydrogen (secondary N) is 1. The van der Waals surface area contributed by atoms with Crippen molar-refractivity contribution in [3.8, 4) is 11.5 Å². The standard InChI is InChI=1S/C15H16ClN3O3S/c1-19-4-3-17-15(19)23-9-14(20)18-11-8-13-12(7-10(11)16)21-5-2-6-22-13/h3-4,7-8H,2,5-6,9H2,1H3,(H,18,20). The normalized spacial score (nSPS) is 13.5. The van der Waals surface area contributed by atoms with Gasteiger partial charge in [-0.2, -0.15) is 0 Å². The smallest absolute Gasteiger partial charge is 0.234 e. The molecule has 6 nitrogen and oxygen atoms in total. The highest BCUT2D eigenvalue weighted by Gasteiger charge is 2.16. The second kappa shape index (κ2) is 7.14. The van der Waals surface area contributed by atoms with Crippen LogP contribution < -0.4 is 14.8 Å². The Kier molecular flexibility index (Phi) is 4.97. The summed E-state index contributed by atoms with van der Waals surface area (Å²) in [6.45, 7) is 1.17. The average molecular weight is 354 g/mol. The highest BCUT2D eigenvalue weighted by molar-refractivity contribution is 7.99. The van der Waals surface area contributed by atoms with Crippen LogP contribution in [0.2, 0.25) is 5.02 Å². The van der Waals surface area contributed by atoms with Gasteiger partial charge in [0, 0.05) is 38.0 Å². The van der Waals surface area contributed by atoms with E-state index in [1.54, 1.807) is 18.3 Å². The number of carbonyl (C=O) groups excluding carboxylic acids is 1. The molecule has 0 spiro atoms.